The highest BCUT2D eigenvalue weighted by molar-refractivity contribution is 8.17. The smallest absolute Gasteiger partial charge is 0.118 e. The summed E-state index contributed by atoms with van der Waals surface area (Å²) in [6, 6.07) is 24.9. The molecule has 0 bridgehead atoms. The van der Waals surface area contributed by atoms with Crippen LogP contribution in [0.1, 0.15) is 0 Å². The average Bonchev–Trinajstić information content (AvgIpc) is 2.70. The van der Waals surface area contributed by atoms with Gasteiger partial charge in [0, 0.05) is 0 Å². The molecule has 3 aromatic rings. The van der Waals surface area contributed by atoms with Gasteiger partial charge in [0.2, 0.25) is 0 Å². The molecule has 0 aromatic heterocycles. The monoisotopic (exact) mass is 354 g/mol. The summed E-state index contributed by atoms with van der Waals surface area (Å²) in [5.74, 6) is 2.59. The summed E-state index contributed by atoms with van der Waals surface area (Å²) in [7, 11) is 4.39. The van der Waals surface area contributed by atoms with Crippen LogP contribution in [0.4, 0.5) is 0 Å². The van der Waals surface area contributed by atoms with E-state index in [4.69, 9.17) is 14.2 Å². The van der Waals surface area contributed by atoms with Gasteiger partial charge in [-0.15, -0.1) is 0 Å². The van der Waals surface area contributed by atoms with Crippen LogP contribution < -0.4 is 14.2 Å². The van der Waals surface area contributed by atoms with E-state index in [0.717, 1.165) is 17.2 Å². The normalized spacial score (nSPS) is 10.9. The second-order valence-corrected chi connectivity index (χ2v) is 7.65. The lowest BCUT2D eigenvalue weighted by atomic mass is 10.3. The van der Waals surface area contributed by atoms with Crippen molar-refractivity contribution >= 4 is 10.9 Å². The van der Waals surface area contributed by atoms with Gasteiger partial charge in [-0.05, 0) is 87.5 Å². The number of benzene rings is 3. The maximum atomic E-state index is 5.30. The van der Waals surface area contributed by atoms with Crippen LogP contribution in [0.2, 0.25) is 0 Å². The van der Waals surface area contributed by atoms with Gasteiger partial charge in [0.05, 0.1) is 21.3 Å². The van der Waals surface area contributed by atoms with Crippen molar-refractivity contribution < 1.29 is 14.2 Å². The summed E-state index contributed by atoms with van der Waals surface area (Å²) in [4.78, 5) is 3.81. The molecule has 0 aliphatic rings. The first-order valence-electron chi connectivity index (χ1n) is 7.97. The van der Waals surface area contributed by atoms with Crippen molar-refractivity contribution in [2.75, 3.05) is 21.3 Å². The highest BCUT2D eigenvalue weighted by Gasteiger charge is 2.13. The molecule has 0 spiro atoms. The van der Waals surface area contributed by atoms with Gasteiger partial charge in [0.25, 0.3) is 0 Å². The summed E-state index contributed by atoms with van der Waals surface area (Å²) >= 11 is 0. The number of methoxy groups -OCH3 is 3. The summed E-state index contributed by atoms with van der Waals surface area (Å²) in [6.45, 7) is 0. The van der Waals surface area contributed by atoms with Gasteiger partial charge in [-0.25, -0.2) is 0 Å². The molecule has 0 fully saturated rings. The number of hydrogen-bond donors (Lipinski definition) is 1. The Morgan fingerprint density at radius 2 is 0.680 bits per heavy atom. The van der Waals surface area contributed by atoms with E-state index in [0.29, 0.717) is 0 Å². The Morgan fingerprint density at radius 3 is 0.880 bits per heavy atom. The second-order valence-electron chi connectivity index (χ2n) is 5.43. The minimum Gasteiger partial charge on any atom is -0.497 e. The minimum atomic E-state index is -0.665. The van der Waals surface area contributed by atoms with Crippen LogP contribution >= 0.6 is 10.9 Å². The molecule has 0 aliphatic carbocycles. The third-order valence-corrected chi connectivity index (χ3v) is 6.44. The summed E-state index contributed by atoms with van der Waals surface area (Å²) < 4.78 is 15.9. The summed E-state index contributed by atoms with van der Waals surface area (Å²) in [5, 5.41) is 0. The molecule has 0 saturated carbocycles. The van der Waals surface area contributed by atoms with Crippen molar-refractivity contribution in [1.82, 2.24) is 0 Å². The fraction of sp³-hybridized carbons (Fsp3) is 0.143. The lowest BCUT2D eigenvalue weighted by Crippen LogP contribution is -1.91. The lowest BCUT2D eigenvalue weighted by molar-refractivity contribution is 0.414. The summed E-state index contributed by atoms with van der Waals surface area (Å²) in [5.41, 5.74) is 0. The fourth-order valence-corrected chi connectivity index (χ4v) is 4.88. The highest BCUT2D eigenvalue weighted by Crippen LogP contribution is 2.52. The van der Waals surface area contributed by atoms with Crippen molar-refractivity contribution in [3.8, 4) is 17.2 Å². The van der Waals surface area contributed by atoms with Crippen molar-refractivity contribution in [1.29, 1.82) is 0 Å². The maximum Gasteiger partial charge on any atom is 0.118 e. The van der Waals surface area contributed by atoms with Gasteiger partial charge in [-0.1, -0.05) is 0 Å². The van der Waals surface area contributed by atoms with Gasteiger partial charge in [0.1, 0.15) is 17.2 Å². The van der Waals surface area contributed by atoms with Crippen molar-refractivity contribution in [2.45, 2.75) is 14.7 Å². The molecule has 0 heterocycles. The first kappa shape index (κ1) is 17.2. The van der Waals surface area contributed by atoms with Gasteiger partial charge < -0.3 is 14.2 Å². The molecule has 0 saturated heterocycles. The second kappa shape index (κ2) is 7.99. The van der Waals surface area contributed by atoms with E-state index in [1.165, 1.54) is 14.7 Å². The maximum absolute atomic E-state index is 5.30. The molecule has 0 aliphatic heterocycles. The van der Waals surface area contributed by atoms with Crippen LogP contribution in [-0.4, -0.2) is 21.3 Å². The Labute approximate surface area is 151 Å². The molecule has 3 rings (SSSR count). The van der Waals surface area contributed by atoms with E-state index in [1.54, 1.807) is 21.3 Å². The molecule has 3 nitrogen and oxygen atoms in total. The number of hydrogen-bond acceptors (Lipinski definition) is 3. The molecule has 0 amide bonds. The molecular formula is C21H22O3S. The van der Waals surface area contributed by atoms with Crippen molar-refractivity contribution in [2.24, 2.45) is 0 Å². The third-order valence-electron chi connectivity index (χ3n) is 3.99. The molecular weight excluding hydrogens is 332 g/mol. The largest absolute Gasteiger partial charge is 0.497 e. The number of ether oxygens (including phenoxy) is 3. The van der Waals surface area contributed by atoms with Crippen LogP contribution in [-0.2, 0) is 0 Å². The molecule has 25 heavy (non-hydrogen) atoms. The van der Waals surface area contributed by atoms with Crippen LogP contribution in [0.5, 0.6) is 17.2 Å². The molecule has 0 atom stereocenters. The van der Waals surface area contributed by atoms with E-state index in [2.05, 4.69) is 36.4 Å². The Morgan fingerprint density at radius 1 is 0.440 bits per heavy atom. The van der Waals surface area contributed by atoms with Crippen LogP contribution in [0.15, 0.2) is 87.5 Å². The first-order valence-corrected chi connectivity index (χ1v) is 9.31. The van der Waals surface area contributed by atoms with Gasteiger partial charge in [-0.2, -0.15) is 10.9 Å². The first-order chi connectivity index (χ1) is 12.2. The van der Waals surface area contributed by atoms with E-state index in [-0.39, 0.29) is 0 Å². The van der Waals surface area contributed by atoms with Gasteiger partial charge in [-0.3, -0.25) is 0 Å². The Balaban J connectivity index is 2.04. The van der Waals surface area contributed by atoms with Gasteiger partial charge in [0.15, 0.2) is 0 Å². The van der Waals surface area contributed by atoms with E-state index in [9.17, 15) is 0 Å². The van der Waals surface area contributed by atoms with Crippen LogP contribution in [0.3, 0.4) is 0 Å². The zero-order valence-electron chi connectivity index (χ0n) is 14.6. The molecule has 4 heteroatoms. The molecule has 3 aromatic carbocycles. The topological polar surface area (TPSA) is 27.7 Å². The molecule has 0 radical (unpaired) electrons. The Hall–Kier alpha value is -2.59. The molecule has 0 unspecified atom stereocenters. The van der Waals surface area contributed by atoms with Gasteiger partial charge >= 0.3 is 0 Å². The predicted octanol–water partition coefficient (Wildman–Crippen LogP) is 5.19. The Bertz CT molecular complexity index is 683. The van der Waals surface area contributed by atoms with Crippen molar-refractivity contribution in [3.63, 3.8) is 0 Å². The minimum absolute atomic E-state index is 0.665. The van der Waals surface area contributed by atoms with Crippen LogP contribution in [0, 0.1) is 0 Å². The average molecular weight is 354 g/mol. The molecule has 0 N–H and O–H groups in total. The summed E-state index contributed by atoms with van der Waals surface area (Å²) in [6.07, 6.45) is 0. The van der Waals surface area contributed by atoms with E-state index >= 15 is 0 Å². The van der Waals surface area contributed by atoms with Crippen LogP contribution in [0.25, 0.3) is 0 Å². The lowest BCUT2D eigenvalue weighted by Gasteiger charge is -2.24. The highest BCUT2D eigenvalue weighted by atomic mass is 32.2. The predicted molar refractivity (Wildman–Crippen MR) is 103 cm³/mol. The quantitative estimate of drug-likeness (QED) is 0.617. The standard InChI is InChI=1S/C21H22O3S/c1-22-16-4-10-19(11-5-16)25(20-12-6-17(23-2)7-13-20)21-14-8-18(24-3)9-15-21/h4-15,25H,1-3H3. The SMILES string of the molecule is COc1ccc([SH](c2ccc(OC)cc2)c2ccc(OC)cc2)cc1. The van der Waals surface area contributed by atoms with Crippen molar-refractivity contribution in [3.05, 3.63) is 72.8 Å². The zero-order chi connectivity index (χ0) is 17.6. The zero-order valence-corrected chi connectivity index (χ0v) is 15.5. The number of rotatable bonds is 6. The number of thiol groups is 1. The van der Waals surface area contributed by atoms with E-state index in [1.807, 2.05) is 36.4 Å². The fourth-order valence-electron chi connectivity index (χ4n) is 2.64. The van der Waals surface area contributed by atoms with E-state index < -0.39 is 10.9 Å². The molecule has 130 valence electrons. The third kappa shape index (κ3) is 3.91. The Kier molecular flexibility index (Phi) is 5.51.